The normalized spacial score (nSPS) is 26.6. The lowest BCUT2D eigenvalue weighted by atomic mass is 9.84. The fraction of sp³-hybridized carbons (Fsp3) is 0.562. The molecule has 2 fully saturated rings. The number of carbonyl (C=O) groups is 1. The van der Waals surface area contributed by atoms with E-state index in [0.717, 1.165) is 31.2 Å². The van der Waals surface area contributed by atoms with Gasteiger partial charge in [-0.05, 0) is 38.4 Å². The van der Waals surface area contributed by atoms with E-state index in [2.05, 4.69) is 21.4 Å². The topological polar surface area (TPSA) is 81.9 Å². The first-order valence-electron chi connectivity index (χ1n) is 8.02. The SMILES string of the molecule is CN1CCC2CCC(=O)CC21.O=[N+]([O-])c1cccc2c1OC(F)(F)O2. The van der Waals surface area contributed by atoms with Gasteiger partial charge in [0.1, 0.15) is 5.78 Å². The summed E-state index contributed by atoms with van der Waals surface area (Å²) in [5.74, 6) is 0.435. The van der Waals surface area contributed by atoms with Gasteiger partial charge in [0.05, 0.1) is 4.92 Å². The number of halogens is 2. The van der Waals surface area contributed by atoms with Crippen molar-refractivity contribution in [1.82, 2.24) is 4.90 Å². The number of likely N-dealkylation sites (tertiary alicyclic amines) is 1. The van der Waals surface area contributed by atoms with Crippen molar-refractivity contribution < 1.29 is 28.0 Å². The summed E-state index contributed by atoms with van der Waals surface area (Å²) in [5.41, 5.74) is -0.542. The minimum Gasteiger partial charge on any atom is -0.395 e. The second-order valence-corrected chi connectivity index (χ2v) is 6.41. The Labute approximate surface area is 142 Å². The van der Waals surface area contributed by atoms with Crippen LogP contribution in [-0.2, 0) is 4.79 Å². The molecule has 0 amide bonds. The largest absolute Gasteiger partial charge is 0.586 e. The van der Waals surface area contributed by atoms with Crippen molar-refractivity contribution in [2.75, 3.05) is 13.6 Å². The number of nitro benzene ring substituents is 1. The molecule has 7 nitrogen and oxygen atoms in total. The van der Waals surface area contributed by atoms with Gasteiger partial charge in [-0.25, -0.2) is 0 Å². The van der Waals surface area contributed by atoms with E-state index in [4.69, 9.17) is 0 Å². The number of ether oxygens (including phenoxy) is 2. The number of nitrogens with zero attached hydrogens (tertiary/aromatic N) is 2. The lowest BCUT2D eigenvalue weighted by Crippen LogP contribution is -2.35. The lowest BCUT2D eigenvalue weighted by molar-refractivity contribution is -0.387. The Balaban J connectivity index is 0.000000150. The summed E-state index contributed by atoms with van der Waals surface area (Å²) in [6.45, 7) is 1.20. The number of benzene rings is 1. The molecule has 2 atom stereocenters. The third-order valence-corrected chi connectivity index (χ3v) is 4.80. The van der Waals surface area contributed by atoms with Gasteiger partial charge in [0.15, 0.2) is 5.75 Å². The Morgan fingerprint density at radius 3 is 2.80 bits per heavy atom. The summed E-state index contributed by atoms with van der Waals surface area (Å²) in [4.78, 5) is 23.1. The van der Waals surface area contributed by atoms with Gasteiger partial charge in [0, 0.05) is 24.9 Å². The quantitative estimate of drug-likeness (QED) is 0.568. The van der Waals surface area contributed by atoms with E-state index in [1.807, 2.05) is 0 Å². The number of hydrogen-bond donors (Lipinski definition) is 0. The van der Waals surface area contributed by atoms with Crippen molar-refractivity contribution in [3.05, 3.63) is 28.3 Å². The van der Waals surface area contributed by atoms with Crippen molar-refractivity contribution in [2.45, 2.75) is 38.0 Å². The summed E-state index contributed by atoms with van der Waals surface area (Å²) in [5, 5.41) is 10.4. The molecule has 1 aromatic rings. The number of hydrogen-bond acceptors (Lipinski definition) is 6. The zero-order chi connectivity index (χ0) is 18.2. The van der Waals surface area contributed by atoms with Gasteiger partial charge in [-0.2, -0.15) is 0 Å². The highest BCUT2D eigenvalue weighted by atomic mass is 19.3. The van der Waals surface area contributed by atoms with Crippen LogP contribution in [0.15, 0.2) is 18.2 Å². The van der Waals surface area contributed by atoms with Crippen LogP contribution in [0.5, 0.6) is 11.5 Å². The number of ketones is 1. The van der Waals surface area contributed by atoms with Crippen molar-refractivity contribution in [1.29, 1.82) is 0 Å². The number of para-hydroxylation sites is 1. The molecule has 25 heavy (non-hydrogen) atoms. The van der Waals surface area contributed by atoms with Crippen LogP contribution < -0.4 is 9.47 Å². The maximum Gasteiger partial charge on any atom is 0.586 e. The van der Waals surface area contributed by atoms with Crippen LogP contribution in [0.2, 0.25) is 0 Å². The molecule has 1 saturated heterocycles. The van der Waals surface area contributed by atoms with Crippen LogP contribution in [-0.4, -0.2) is 41.5 Å². The third kappa shape index (κ3) is 3.71. The zero-order valence-corrected chi connectivity index (χ0v) is 13.6. The second kappa shape index (κ2) is 6.55. The van der Waals surface area contributed by atoms with E-state index >= 15 is 0 Å². The van der Waals surface area contributed by atoms with E-state index < -0.39 is 22.7 Å². The van der Waals surface area contributed by atoms with E-state index in [-0.39, 0.29) is 5.75 Å². The molecule has 0 aromatic heterocycles. The summed E-state index contributed by atoms with van der Waals surface area (Å²) in [6.07, 6.45) is 0.299. The van der Waals surface area contributed by atoms with Crippen molar-refractivity contribution in [3.8, 4) is 11.5 Å². The van der Waals surface area contributed by atoms with Gasteiger partial charge in [-0.15, -0.1) is 8.78 Å². The highest BCUT2D eigenvalue weighted by Crippen LogP contribution is 2.46. The molecule has 4 rings (SSSR count). The van der Waals surface area contributed by atoms with Crippen LogP contribution in [0.1, 0.15) is 25.7 Å². The van der Waals surface area contributed by atoms with Gasteiger partial charge in [-0.1, -0.05) is 6.07 Å². The number of alkyl halides is 2. The molecular formula is C16H18F2N2O5. The molecule has 3 aliphatic rings. The average molecular weight is 356 g/mol. The first-order valence-corrected chi connectivity index (χ1v) is 8.02. The molecule has 1 aliphatic carbocycles. The number of Topliss-reactive ketones (excluding diaryl/α,β-unsaturated/α-hetero) is 1. The molecular weight excluding hydrogens is 338 g/mol. The van der Waals surface area contributed by atoms with Crippen molar-refractivity contribution in [2.24, 2.45) is 5.92 Å². The maximum absolute atomic E-state index is 12.5. The molecule has 0 radical (unpaired) electrons. The van der Waals surface area contributed by atoms with E-state index in [0.29, 0.717) is 11.8 Å². The first-order chi connectivity index (χ1) is 11.8. The number of fused-ring (bicyclic) bond motifs is 2. The van der Waals surface area contributed by atoms with Gasteiger partial charge in [0.25, 0.3) is 0 Å². The van der Waals surface area contributed by atoms with Gasteiger partial charge < -0.3 is 14.4 Å². The molecule has 0 bridgehead atoms. The molecule has 136 valence electrons. The highest BCUT2D eigenvalue weighted by Gasteiger charge is 2.46. The molecule has 1 aromatic carbocycles. The van der Waals surface area contributed by atoms with Crippen molar-refractivity contribution in [3.63, 3.8) is 0 Å². The Kier molecular flexibility index (Phi) is 4.59. The maximum atomic E-state index is 12.5. The Hall–Kier alpha value is -2.29. The zero-order valence-electron chi connectivity index (χ0n) is 13.6. The highest BCUT2D eigenvalue weighted by molar-refractivity contribution is 5.80. The van der Waals surface area contributed by atoms with Crippen LogP contribution in [0.25, 0.3) is 0 Å². The van der Waals surface area contributed by atoms with Crippen LogP contribution >= 0.6 is 0 Å². The summed E-state index contributed by atoms with van der Waals surface area (Å²) in [6, 6.07) is 4.06. The van der Waals surface area contributed by atoms with Crippen LogP contribution in [0.4, 0.5) is 14.5 Å². The smallest absolute Gasteiger partial charge is 0.395 e. The fourth-order valence-corrected chi connectivity index (χ4v) is 3.53. The molecule has 2 heterocycles. The predicted octanol–water partition coefficient (Wildman–Crippen LogP) is 2.98. The monoisotopic (exact) mass is 356 g/mol. The Bertz CT molecular complexity index is 697. The Morgan fingerprint density at radius 1 is 1.32 bits per heavy atom. The Morgan fingerprint density at radius 2 is 2.08 bits per heavy atom. The average Bonchev–Trinajstić information content (AvgIpc) is 3.05. The summed E-state index contributed by atoms with van der Waals surface area (Å²) >= 11 is 0. The second-order valence-electron chi connectivity index (χ2n) is 6.41. The molecule has 0 spiro atoms. The number of rotatable bonds is 1. The predicted molar refractivity (Wildman–Crippen MR) is 82.7 cm³/mol. The summed E-state index contributed by atoms with van der Waals surface area (Å²) < 4.78 is 33.0. The lowest BCUT2D eigenvalue weighted by Gasteiger charge is -2.28. The number of carbonyl (C=O) groups excluding carboxylic acids is 1. The van der Waals surface area contributed by atoms with Gasteiger partial charge >= 0.3 is 12.0 Å². The minimum absolute atomic E-state index is 0.329. The van der Waals surface area contributed by atoms with Gasteiger partial charge in [0.2, 0.25) is 5.75 Å². The van der Waals surface area contributed by atoms with E-state index in [1.165, 1.54) is 25.1 Å². The van der Waals surface area contributed by atoms with Crippen LogP contribution in [0.3, 0.4) is 0 Å². The minimum atomic E-state index is -3.82. The molecule has 2 unspecified atom stereocenters. The first kappa shape index (κ1) is 17.5. The molecule has 9 heteroatoms. The molecule has 2 aliphatic heterocycles. The standard InChI is InChI=1S/C9H15NO.C7H3F2NO4/c1-10-5-4-7-2-3-8(11)6-9(7)10;8-7(9)13-5-3-1-2-4(10(11)12)6(5)14-7/h7,9H,2-6H2,1H3;1-3H. The van der Waals surface area contributed by atoms with E-state index in [9.17, 15) is 23.7 Å². The van der Waals surface area contributed by atoms with Crippen LogP contribution in [0, 0.1) is 16.0 Å². The van der Waals surface area contributed by atoms with Gasteiger partial charge in [-0.3, -0.25) is 14.9 Å². The summed E-state index contributed by atoms with van der Waals surface area (Å²) in [7, 11) is 2.14. The molecule has 0 N–H and O–H groups in total. The third-order valence-electron chi connectivity index (χ3n) is 4.80. The van der Waals surface area contributed by atoms with E-state index in [1.54, 1.807) is 0 Å². The fourth-order valence-electron chi connectivity index (χ4n) is 3.53. The molecule has 1 saturated carbocycles. The van der Waals surface area contributed by atoms with Crippen molar-refractivity contribution >= 4 is 11.5 Å². The number of nitro groups is 1.